The first kappa shape index (κ1) is 18.2. The van der Waals surface area contributed by atoms with Crippen molar-refractivity contribution >= 4 is 33.8 Å². The van der Waals surface area contributed by atoms with Gasteiger partial charge in [0.2, 0.25) is 5.75 Å². The Balaban J connectivity index is 1.66. The van der Waals surface area contributed by atoms with Crippen LogP contribution in [0.2, 0.25) is 0 Å². The highest BCUT2D eigenvalue weighted by atomic mass is 16.5. The summed E-state index contributed by atoms with van der Waals surface area (Å²) in [5.74, 6) is 0.0794. The Kier molecular flexibility index (Phi) is 3.83. The largest absolute Gasteiger partial charge is 0.490 e. The quantitative estimate of drug-likeness (QED) is 0.380. The summed E-state index contributed by atoms with van der Waals surface area (Å²) in [7, 11) is 1.42. The lowest BCUT2D eigenvalue weighted by atomic mass is 10.0. The number of imide groups is 1. The minimum Gasteiger partial charge on any atom is -0.490 e. The lowest BCUT2D eigenvalue weighted by Crippen LogP contribution is -2.29. The summed E-state index contributed by atoms with van der Waals surface area (Å²) in [6, 6.07) is 10.3. The molecule has 150 valence electrons. The lowest BCUT2D eigenvalue weighted by molar-refractivity contribution is 0.0642. The number of nitrogens with zero attached hydrogens (tertiary/aromatic N) is 1. The molecule has 1 aliphatic heterocycles. The van der Waals surface area contributed by atoms with Gasteiger partial charge in [-0.05, 0) is 32.0 Å². The van der Waals surface area contributed by atoms with Crippen molar-refractivity contribution < 1.29 is 23.2 Å². The number of methoxy groups -OCH3 is 1. The number of amides is 2. The zero-order valence-electron chi connectivity index (χ0n) is 16.6. The van der Waals surface area contributed by atoms with Crippen LogP contribution in [0.4, 0.5) is 0 Å². The van der Waals surface area contributed by atoms with Gasteiger partial charge >= 0.3 is 5.63 Å². The van der Waals surface area contributed by atoms with Gasteiger partial charge in [0.15, 0.2) is 0 Å². The summed E-state index contributed by atoms with van der Waals surface area (Å²) >= 11 is 0. The molecule has 0 bridgehead atoms. The minimum absolute atomic E-state index is 0.0870. The molecule has 2 aromatic heterocycles. The van der Waals surface area contributed by atoms with Gasteiger partial charge in [0.05, 0.1) is 24.8 Å². The first-order chi connectivity index (χ1) is 14.4. The van der Waals surface area contributed by atoms with Crippen LogP contribution in [0.15, 0.2) is 50.0 Å². The van der Waals surface area contributed by atoms with E-state index in [0.29, 0.717) is 39.0 Å². The Labute approximate surface area is 170 Å². The molecule has 1 aliphatic rings. The van der Waals surface area contributed by atoms with Crippen LogP contribution in [0.25, 0.3) is 21.9 Å². The summed E-state index contributed by atoms with van der Waals surface area (Å²) in [6.07, 6.45) is 0. The highest BCUT2D eigenvalue weighted by Crippen LogP contribution is 2.34. The van der Waals surface area contributed by atoms with Crippen molar-refractivity contribution in [1.82, 2.24) is 4.90 Å². The van der Waals surface area contributed by atoms with Crippen LogP contribution in [0, 0.1) is 13.8 Å². The van der Waals surface area contributed by atoms with Crippen LogP contribution < -0.4 is 10.4 Å². The summed E-state index contributed by atoms with van der Waals surface area (Å²) in [4.78, 5) is 38.9. The number of carbonyl (C=O) groups excluding carboxylic acids is 2. The highest BCUT2D eigenvalue weighted by molar-refractivity contribution is 6.21. The third-order valence-electron chi connectivity index (χ3n) is 5.63. The van der Waals surface area contributed by atoms with E-state index in [-0.39, 0.29) is 24.1 Å². The standard InChI is InChI=1S/C23H17NO6/c1-11-15-8-16-17(10-24-21(25)13-6-4-5-7-14(13)22(24)26)12(2)29-19(16)9-18(15)30-23(27)20(11)28-3/h4-9H,10H2,1-3H3. The van der Waals surface area contributed by atoms with Crippen LogP contribution in [0.1, 0.15) is 37.6 Å². The van der Waals surface area contributed by atoms with Crippen molar-refractivity contribution in [3.8, 4) is 5.75 Å². The van der Waals surface area contributed by atoms with E-state index in [1.165, 1.54) is 12.0 Å². The third-order valence-corrected chi connectivity index (χ3v) is 5.63. The fourth-order valence-corrected chi connectivity index (χ4v) is 4.07. The Hall–Kier alpha value is -3.87. The summed E-state index contributed by atoms with van der Waals surface area (Å²) in [5, 5.41) is 1.44. The van der Waals surface area contributed by atoms with Crippen LogP contribution in [0.3, 0.4) is 0 Å². The zero-order chi connectivity index (χ0) is 21.2. The minimum atomic E-state index is -0.559. The maximum Gasteiger partial charge on any atom is 0.379 e. The molecule has 2 amide bonds. The van der Waals surface area contributed by atoms with Gasteiger partial charge in [-0.15, -0.1) is 0 Å². The molecule has 0 aliphatic carbocycles. The molecule has 7 nitrogen and oxygen atoms in total. The van der Waals surface area contributed by atoms with E-state index < -0.39 is 5.63 Å². The van der Waals surface area contributed by atoms with Crippen LogP contribution in [-0.2, 0) is 6.54 Å². The van der Waals surface area contributed by atoms with Gasteiger partial charge in [-0.25, -0.2) is 4.79 Å². The molecule has 0 saturated carbocycles. The van der Waals surface area contributed by atoms with Gasteiger partial charge in [-0.2, -0.15) is 0 Å². The van der Waals surface area contributed by atoms with E-state index >= 15 is 0 Å². The fourth-order valence-electron chi connectivity index (χ4n) is 4.07. The molecule has 0 radical (unpaired) electrons. The Bertz CT molecular complexity index is 1410. The Morgan fingerprint density at radius 1 is 0.900 bits per heavy atom. The number of rotatable bonds is 3. The predicted molar refractivity (Wildman–Crippen MR) is 109 cm³/mol. The van der Waals surface area contributed by atoms with E-state index in [1.54, 1.807) is 44.2 Å². The van der Waals surface area contributed by atoms with Crippen molar-refractivity contribution in [2.24, 2.45) is 0 Å². The van der Waals surface area contributed by atoms with Crippen molar-refractivity contribution in [3.05, 3.63) is 74.8 Å². The number of hydrogen-bond donors (Lipinski definition) is 0. The molecule has 0 unspecified atom stereocenters. The van der Waals surface area contributed by atoms with Gasteiger partial charge in [0.25, 0.3) is 11.8 Å². The average molecular weight is 403 g/mol. The smallest absolute Gasteiger partial charge is 0.379 e. The van der Waals surface area contributed by atoms with E-state index in [9.17, 15) is 14.4 Å². The normalized spacial score (nSPS) is 13.5. The number of fused-ring (bicyclic) bond motifs is 3. The number of benzene rings is 2. The van der Waals surface area contributed by atoms with Gasteiger partial charge in [0.1, 0.15) is 16.9 Å². The topological polar surface area (TPSA) is 90.0 Å². The predicted octanol–water partition coefficient (Wildman–Crippen LogP) is 3.96. The highest BCUT2D eigenvalue weighted by Gasteiger charge is 2.36. The molecular weight excluding hydrogens is 386 g/mol. The molecule has 0 spiro atoms. The zero-order valence-corrected chi connectivity index (χ0v) is 16.6. The van der Waals surface area contributed by atoms with Crippen LogP contribution in [-0.4, -0.2) is 23.8 Å². The Morgan fingerprint density at radius 2 is 1.53 bits per heavy atom. The molecule has 30 heavy (non-hydrogen) atoms. The molecule has 0 N–H and O–H groups in total. The monoisotopic (exact) mass is 403 g/mol. The van der Waals surface area contributed by atoms with E-state index in [0.717, 1.165) is 10.9 Å². The van der Waals surface area contributed by atoms with Crippen molar-refractivity contribution in [3.63, 3.8) is 0 Å². The molecule has 2 aromatic carbocycles. The number of aryl methyl sites for hydroxylation is 2. The van der Waals surface area contributed by atoms with Crippen molar-refractivity contribution in [2.45, 2.75) is 20.4 Å². The Morgan fingerprint density at radius 3 is 2.17 bits per heavy atom. The second kappa shape index (κ2) is 6.32. The van der Waals surface area contributed by atoms with E-state index in [4.69, 9.17) is 13.6 Å². The SMILES string of the molecule is COc1c(C)c2cc3c(CN4C(=O)c5ccccc5C4=O)c(C)oc3cc2oc1=O. The maximum absolute atomic E-state index is 12.8. The fraction of sp³-hybridized carbons (Fsp3) is 0.174. The second-order valence-corrected chi connectivity index (χ2v) is 7.27. The summed E-state index contributed by atoms with van der Waals surface area (Å²) in [5.41, 5.74) is 2.52. The number of furan rings is 1. The van der Waals surface area contributed by atoms with Crippen LogP contribution >= 0.6 is 0 Å². The number of carbonyl (C=O) groups is 2. The van der Waals surface area contributed by atoms with Gasteiger partial charge < -0.3 is 13.6 Å². The molecule has 5 rings (SSSR count). The van der Waals surface area contributed by atoms with Crippen molar-refractivity contribution in [2.75, 3.05) is 7.11 Å². The molecule has 3 heterocycles. The molecule has 4 aromatic rings. The number of hydrogen-bond acceptors (Lipinski definition) is 6. The molecule has 0 fully saturated rings. The summed E-state index contributed by atoms with van der Waals surface area (Å²) in [6.45, 7) is 3.64. The maximum atomic E-state index is 12.8. The first-order valence-corrected chi connectivity index (χ1v) is 9.39. The van der Waals surface area contributed by atoms with Crippen LogP contribution in [0.5, 0.6) is 5.75 Å². The third kappa shape index (κ3) is 2.41. The van der Waals surface area contributed by atoms with E-state index in [2.05, 4.69) is 0 Å². The molecule has 0 saturated heterocycles. The number of ether oxygens (including phenoxy) is 1. The second-order valence-electron chi connectivity index (χ2n) is 7.27. The molecule has 0 atom stereocenters. The van der Waals surface area contributed by atoms with Gasteiger partial charge in [0, 0.05) is 28.0 Å². The van der Waals surface area contributed by atoms with Gasteiger partial charge in [-0.1, -0.05) is 12.1 Å². The first-order valence-electron chi connectivity index (χ1n) is 9.39. The summed E-state index contributed by atoms with van der Waals surface area (Å²) < 4.78 is 16.4. The van der Waals surface area contributed by atoms with Gasteiger partial charge in [-0.3, -0.25) is 14.5 Å². The van der Waals surface area contributed by atoms with E-state index in [1.807, 2.05) is 6.07 Å². The average Bonchev–Trinajstić information content (AvgIpc) is 3.16. The molecular formula is C23H17NO6. The lowest BCUT2D eigenvalue weighted by Gasteiger charge is -2.13. The molecule has 7 heteroatoms. The van der Waals surface area contributed by atoms with Crippen molar-refractivity contribution in [1.29, 1.82) is 0 Å².